The van der Waals surface area contributed by atoms with Gasteiger partial charge in [0.1, 0.15) is 15.7 Å². The average molecular weight is 270 g/mol. The van der Waals surface area contributed by atoms with Crippen molar-refractivity contribution in [2.75, 3.05) is 0 Å². The first-order chi connectivity index (χ1) is 5.90. The summed E-state index contributed by atoms with van der Waals surface area (Å²) in [7, 11) is 0. The van der Waals surface area contributed by atoms with Crippen molar-refractivity contribution in [3.05, 3.63) is 22.0 Å². The van der Waals surface area contributed by atoms with Gasteiger partial charge in [0, 0.05) is 23.5 Å². The molecule has 0 aromatic carbocycles. The smallest absolute Gasteiger partial charge is 0.142 e. The minimum atomic E-state index is 0. The predicted molar refractivity (Wildman–Crippen MR) is 65.6 cm³/mol. The molecule has 2 N–H and O–H groups in total. The standard InChI is InChI=1S/C7H7N3S2.2ClH/c8-3-6-10-5(4-12-6)7-9-1-2-11-7;;/h1-2,4H,3,8H2;2*1H. The normalized spacial score (nSPS) is 8.93. The molecule has 0 saturated carbocycles. The number of aromatic nitrogens is 2. The monoisotopic (exact) mass is 269 g/mol. The molecule has 0 aliphatic heterocycles. The van der Waals surface area contributed by atoms with Gasteiger partial charge in [0.15, 0.2) is 0 Å². The quantitative estimate of drug-likeness (QED) is 0.912. The molecule has 7 heteroatoms. The minimum Gasteiger partial charge on any atom is -0.325 e. The van der Waals surface area contributed by atoms with Crippen LogP contribution in [0.5, 0.6) is 0 Å². The number of hydrogen-bond donors (Lipinski definition) is 1. The molecule has 0 aliphatic rings. The first-order valence-corrected chi connectivity index (χ1v) is 5.20. The lowest BCUT2D eigenvalue weighted by molar-refractivity contribution is 1.04. The molecule has 78 valence electrons. The van der Waals surface area contributed by atoms with Crippen LogP contribution in [0.2, 0.25) is 0 Å². The van der Waals surface area contributed by atoms with Crippen molar-refractivity contribution in [3.63, 3.8) is 0 Å². The summed E-state index contributed by atoms with van der Waals surface area (Å²) in [5, 5.41) is 5.85. The van der Waals surface area contributed by atoms with E-state index in [9.17, 15) is 0 Å². The van der Waals surface area contributed by atoms with Gasteiger partial charge in [-0.15, -0.1) is 47.5 Å². The summed E-state index contributed by atoms with van der Waals surface area (Å²) in [4.78, 5) is 8.47. The van der Waals surface area contributed by atoms with E-state index < -0.39 is 0 Å². The van der Waals surface area contributed by atoms with Crippen LogP contribution in [0.3, 0.4) is 0 Å². The molecule has 0 atom stereocenters. The SMILES string of the molecule is Cl.Cl.NCc1nc(-c2nccs2)cs1. The third-order valence-corrected chi connectivity index (χ3v) is 3.04. The fourth-order valence-corrected chi connectivity index (χ4v) is 2.18. The van der Waals surface area contributed by atoms with E-state index in [0.717, 1.165) is 15.7 Å². The van der Waals surface area contributed by atoms with E-state index in [1.54, 1.807) is 28.9 Å². The van der Waals surface area contributed by atoms with Gasteiger partial charge in [-0.25, -0.2) is 9.97 Å². The summed E-state index contributed by atoms with van der Waals surface area (Å²) in [6.07, 6.45) is 1.78. The van der Waals surface area contributed by atoms with Gasteiger partial charge in [-0.2, -0.15) is 0 Å². The van der Waals surface area contributed by atoms with Crippen LogP contribution in [0.25, 0.3) is 10.7 Å². The van der Waals surface area contributed by atoms with E-state index >= 15 is 0 Å². The second-order valence-electron chi connectivity index (χ2n) is 2.17. The van der Waals surface area contributed by atoms with Crippen LogP contribution < -0.4 is 5.73 Å². The summed E-state index contributed by atoms with van der Waals surface area (Å²) in [6.45, 7) is 0.510. The van der Waals surface area contributed by atoms with Gasteiger partial charge in [0.2, 0.25) is 0 Å². The molecule has 3 nitrogen and oxygen atoms in total. The highest BCUT2D eigenvalue weighted by molar-refractivity contribution is 7.14. The number of halogens is 2. The summed E-state index contributed by atoms with van der Waals surface area (Å²) < 4.78 is 0. The van der Waals surface area contributed by atoms with Crippen molar-refractivity contribution in [1.82, 2.24) is 9.97 Å². The zero-order chi connectivity index (χ0) is 8.39. The van der Waals surface area contributed by atoms with Gasteiger partial charge >= 0.3 is 0 Å². The Bertz CT molecular complexity index is 361. The predicted octanol–water partition coefficient (Wildman–Crippen LogP) is 2.57. The minimum absolute atomic E-state index is 0. The first kappa shape index (κ1) is 13.8. The lowest BCUT2D eigenvalue weighted by atomic mass is 10.5. The molecule has 0 amide bonds. The second kappa shape index (κ2) is 6.31. The van der Waals surface area contributed by atoms with Crippen molar-refractivity contribution in [3.8, 4) is 10.7 Å². The third kappa shape index (κ3) is 2.90. The number of nitrogens with zero attached hydrogens (tertiary/aromatic N) is 2. The zero-order valence-corrected chi connectivity index (χ0v) is 10.3. The lowest BCUT2D eigenvalue weighted by Crippen LogP contribution is -1.94. The fraction of sp³-hybridized carbons (Fsp3) is 0.143. The average Bonchev–Trinajstić information content (AvgIpc) is 2.75. The molecule has 0 fully saturated rings. The number of thiazole rings is 2. The summed E-state index contributed by atoms with van der Waals surface area (Å²) in [6, 6.07) is 0. The first-order valence-electron chi connectivity index (χ1n) is 3.44. The number of hydrogen-bond acceptors (Lipinski definition) is 5. The molecule has 0 bridgehead atoms. The largest absolute Gasteiger partial charge is 0.325 e. The Labute approximate surface area is 102 Å². The van der Waals surface area contributed by atoms with Crippen molar-refractivity contribution in [1.29, 1.82) is 0 Å². The van der Waals surface area contributed by atoms with Gasteiger partial charge in [-0.05, 0) is 0 Å². The van der Waals surface area contributed by atoms with Crippen LogP contribution >= 0.6 is 47.5 Å². The van der Waals surface area contributed by atoms with Gasteiger partial charge in [-0.1, -0.05) is 0 Å². The maximum Gasteiger partial charge on any atom is 0.142 e. The van der Waals surface area contributed by atoms with Crippen LogP contribution in [0.4, 0.5) is 0 Å². The Morgan fingerprint density at radius 1 is 1.29 bits per heavy atom. The van der Waals surface area contributed by atoms with Crippen LogP contribution in [0.1, 0.15) is 5.01 Å². The Hall–Kier alpha value is -0.200. The highest BCUT2D eigenvalue weighted by atomic mass is 35.5. The van der Waals surface area contributed by atoms with Crippen LogP contribution in [-0.2, 0) is 6.54 Å². The Morgan fingerprint density at radius 2 is 2.07 bits per heavy atom. The lowest BCUT2D eigenvalue weighted by Gasteiger charge is -1.85. The highest BCUT2D eigenvalue weighted by Crippen LogP contribution is 2.23. The summed E-state index contributed by atoms with van der Waals surface area (Å²) in [5.41, 5.74) is 6.39. The molecule has 2 heterocycles. The molecule has 14 heavy (non-hydrogen) atoms. The second-order valence-corrected chi connectivity index (χ2v) is 4.01. The molecule has 2 rings (SSSR count). The van der Waals surface area contributed by atoms with Gasteiger partial charge in [0.25, 0.3) is 0 Å². The van der Waals surface area contributed by atoms with Crippen LogP contribution in [0, 0.1) is 0 Å². The van der Waals surface area contributed by atoms with E-state index in [0.29, 0.717) is 6.54 Å². The molecule has 0 radical (unpaired) electrons. The molecule has 2 aromatic heterocycles. The fourth-order valence-electron chi connectivity index (χ4n) is 0.853. The number of rotatable bonds is 2. The maximum absolute atomic E-state index is 5.45. The molecule has 0 unspecified atom stereocenters. The van der Waals surface area contributed by atoms with Crippen molar-refractivity contribution in [2.45, 2.75) is 6.54 Å². The Kier molecular flexibility index (Phi) is 6.22. The Balaban J connectivity index is 0.000000845. The highest BCUT2D eigenvalue weighted by Gasteiger charge is 2.04. The van der Waals surface area contributed by atoms with Gasteiger partial charge in [0.05, 0.1) is 0 Å². The molecule has 2 aromatic rings. The van der Waals surface area contributed by atoms with Gasteiger partial charge in [-0.3, -0.25) is 0 Å². The van der Waals surface area contributed by atoms with E-state index in [1.807, 2.05) is 10.8 Å². The van der Waals surface area contributed by atoms with E-state index in [1.165, 1.54) is 0 Å². The molecular weight excluding hydrogens is 261 g/mol. The third-order valence-electron chi connectivity index (χ3n) is 1.38. The topological polar surface area (TPSA) is 51.8 Å². The molecule has 0 saturated heterocycles. The van der Waals surface area contributed by atoms with E-state index in [4.69, 9.17) is 5.73 Å². The van der Waals surface area contributed by atoms with Crippen molar-refractivity contribution in [2.24, 2.45) is 5.73 Å². The van der Waals surface area contributed by atoms with Gasteiger partial charge < -0.3 is 5.73 Å². The van der Waals surface area contributed by atoms with Crippen LogP contribution in [-0.4, -0.2) is 9.97 Å². The van der Waals surface area contributed by atoms with E-state index in [-0.39, 0.29) is 24.8 Å². The molecule has 0 aliphatic carbocycles. The Morgan fingerprint density at radius 3 is 2.57 bits per heavy atom. The summed E-state index contributed by atoms with van der Waals surface area (Å²) in [5.74, 6) is 0. The van der Waals surface area contributed by atoms with Crippen molar-refractivity contribution < 1.29 is 0 Å². The van der Waals surface area contributed by atoms with Crippen molar-refractivity contribution >= 4 is 47.5 Å². The van der Waals surface area contributed by atoms with Crippen LogP contribution in [0.15, 0.2) is 17.0 Å². The zero-order valence-electron chi connectivity index (χ0n) is 7.04. The van der Waals surface area contributed by atoms with E-state index in [2.05, 4.69) is 9.97 Å². The molecular formula is C7H9Cl2N3S2. The molecule has 0 spiro atoms. The maximum atomic E-state index is 5.45. The number of nitrogens with two attached hydrogens (primary N) is 1. The summed E-state index contributed by atoms with van der Waals surface area (Å²) >= 11 is 3.17.